The van der Waals surface area contributed by atoms with Crippen molar-refractivity contribution < 1.29 is 19.4 Å². The Kier molecular flexibility index (Phi) is 7.67. The molecule has 2 N–H and O–H groups in total. The Hall–Kier alpha value is -1.26. The Morgan fingerprint density at radius 3 is 2.23 bits per heavy atom. The highest BCUT2D eigenvalue weighted by molar-refractivity contribution is 5.76. The lowest BCUT2D eigenvalue weighted by molar-refractivity contribution is -0.187. The van der Waals surface area contributed by atoms with Crippen molar-refractivity contribution in [2.45, 2.75) is 132 Å². The summed E-state index contributed by atoms with van der Waals surface area (Å²) in [7, 11) is 0. The molecule has 0 radical (unpaired) electrons. The van der Waals surface area contributed by atoms with E-state index in [2.05, 4.69) is 53.8 Å². The van der Waals surface area contributed by atoms with Crippen LogP contribution in [0.4, 0.5) is 4.79 Å². The fraction of sp³-hybridized carbons (Fsp3) is 0.941. The molecule has 5 saturated carbocycles. The van der Waals surface area contributed by atoms with E-state index in [1.54, 1.807) is 0 Å². The van der Waals surface area contributed by atoms with E-state index in [1.807, 2.05) is 0 Å². The smallest absolute Gasteiger partial charge is 0.407 e. The second kappa shape index (κ2) is 10.2. The topological polar surface area (TPSA) is 75.6 Å². The molecule has 0 aromatic carbocycles. The van der Waals surface area contributed by atoms with E-state index in [1.165, 1.54) is 32.1 Å². The lowest BCUT2D eigenvalue weighted by Gasteiger charge is -2.64. The molecule has 0 bridgehead atoms. The third kappa shape index (κ3) is 4.37. The number of carbonyl (C=O) groups excluding carboxylic acids is 1. The monoisotopic (exact) mass is 543 g/mol. The molecule has 5 aliphatic rings. The van der Waals surface area contributed by atoms with Gasteiger partial charge in [-0.05, 0) is 123 Å². The first-order chi connectivity index (χ1) is 18.3. The third-order valence-corrected chi connectivity index (χ3v) is 13.9. The standard InChI is InChI=1S/C34H57NO4/c1-8-20-35-30(38)39-27-15-16-33(7)24-12-13-25-28-22(21(2)3)14-17-34(28,29(36)37)19-18-32(25,6)23(24)10-9-11-26(33)31(27,4)5/h21-28H,8-20H2,1-7H3,(H,35,38)(H,36,37)/t22-,23-,24?,25?,26?,27+,28?,32-,33+,34-/m0/s1. The number of aliphatic carboxylic acids is 1. The largest absolute Gasteiger partial charge is 0.481 e. The van der Waals surface area contributed by atoms with Gasteiger partial charge in [0.25, 0.3) is 0 Å². The normalized spacial score (nSPS) is 46.7. The van der Waals surface area contributed by atoms with Crippen LogP contribution in [0.25, 0.3) is 0 Å². The van der Waals surface area contributed by atoms with Crippen LogP contribution in [0.5, 0.6) is 0 Å². The van der Waals surface area contributed by atoms with Crippen molar-refractivity contribution in [2.75, 3.05) is 6.54 Å². The summed E-state index contributed by atoms with van der Waals surface area (Å²) < 4.78 is 6.09. The number of amides is 1. The summed E-state index contributed by atoms with van der Waals surface area (Å²) in [4.78, 5) is 25.4. The maximum atomic E-state index is 12.9. The number of carboxylic acid groups (broad SMARTS) is 1. The van der Waals surface area contributed by atoms with E-state index in [9.17, 15) is 14.7 Å². The maximum Gasteiger partial charge on any atom is 0.407 e. The molecule has 0 aromatic rings. The predicted octanol–water partition coefficient (Wildman–Crippen LogP) is 8.31. The van der Waals surface area contributed by atoms with Crippen LogP contribution in [0.1, 0.15) is 126 Å². The van der Waals surface area contributed by atoms with Crippen LogP contribution >= 0.6 is 0 Å². The fourth-order valence-corrected chi connectivity index (χ4v) is 12.0. The second-order valence-corrected chi connectivity index (χ2v) is 16.0. The predicted molar refractivity (Wildman–Crippen MR) is 155 cm³/mol. The minimum atomic E-state index is -0.504. The van der Waals surface area contributed by atoms with E-state index < -0.39 is 11.4 Å². The number of ether oxygens (including phenoxy) is 1. The Bertz CT molecular complexity index is 945. The van der Waals surface area contributed by atoms with Gasteiger partial charge in [0.1, 0.15) is 6.10 Å². The highest BCUT2D eigenvalue weighted by Crippen LogP contribution is 2.73. The molecule has 0 spiro atoms. The average molecular weight is 544 g/mol. The van der Waals surface area contributed by atoms with Crippen LogP contribution < -0.4 is 5.32 Å². The average Bonchev–Trinajstić information content (AvgIpc) is 3.20. The molecule has 1 amide bonds. The molecule has 5 aliphatic carbocycles. The van der Waals surface area contributed by atoms with Crippen LogP contribution in [-0.2, 0) is 9.53 Å². The van der Waals surface area contributed by atoms with E-state index in [0.29, 0.717) is 48.0 Å². The number of hydrogen-bond acceptors (Lipinski definition) is 3. The summed E-state index contributed by atoms with van der Waals surface area (Å²) in [5, 5.41) is 13.5. The molecule has 5 fully saturated rings. The molecule has 10 atom stereocenters. The Morgan fingerprint density at radius 2 is 1.56 bits per heavy atom. The van der Waals surface area contributed by atoms with Gasteiger partial charge in [-0.15, -0.1) is 0 Å². The third-order valence-electron chi connectivity index (χ3n) is 13.9. The van der Waals surface area contributed by atoms with Crippen molar-refractivity contribution in [3.63, 3.8) is 0 Å². The number of carbonyl (C=O) groups is 2. The van der Waals surface area contributed by atoms with Crippen molar-refractivity contribution in [1.29, 1.82) is 0 Å². The molecule has 0 aromatic heterocycles. The molecule has 222 valence electrons. The van der Waals surface area contributed by atoms with Gasteiger partial charge >= 0.3 is 12.1 Å². The van der Waals surface area contributed by atoms with Gasteiger partial charge in [0.2, 0.25) is 0 Å². The van der Waals surface area contributed by atoms with Gasteiger partial charge in [-0.2, -0.15) is 0 Å². The highest BCUT2D eigenvalue weighted by atomic mass is 16.6. The SMILES string of the molecule is CCCNC(=O)O[C@@H]1CC[C@]2(C)C3CCC4C5[C@H](C(C)C)CC[C@]5(C(=O)O)CC[C@@]4(C)[C@H]3CCCC2C1(C)C. The molecule has 5 heteroatoms. The summed E-state index contributed by atoms with van der Waals surface area (Å²) >= 11 is 0. The van der Waals surface area contributed by atoms with E-state index in [4.69, 9.17) is 4.74 Å². The summed E-state index contributed by atoms with van der Waals surface area (Å²) in [5.74, 6) is 3.35. The second-order valence-electron chi connectivity index (χ2n) is 16.0. The first kappa shape index (κ1) is 29.2. The number of hydrogen-bond donors (Lipinski definition) is 2. The van der Waals surface area contributed by atoms with Crippen molar-refractivity contribution in [2.24, 2.45) is 63.1 Å². The molecule has 4 unspecified atom stereocenters. The Morgan fingerprint density at radius 1 is 0.872 bits per heavy atom. The van der Waals surface area contributed by atoms with Gasteiger partial charge in [0.05, 0.1) is 5.41 Å². The zero-order valence-corrected chi connectivity index (χ0v) is 26.0. The Labute approximate surface area is 238 Å². The lowest BCUT2D eigenvalue weighted by atomic mass is 9.40. The zero-order valence-electron chi connectivity index (χ0n) is 26.0. The van der Waals surface area contributed by atoms with Gasteiger partial charge in [-0.25, -0.2) is 4.79 Å². The van der Waals surface area contributed by atoms with E-state index in [0.717, 1.165) is 44.9 Å². The molecular weight excluding hydrogens is 486 g/mol. The molecule has 0 saturated heterocycles. The summed E-state index contributed by atoms with van der Waals surface area (Å²) in [6.45, 7) is 17.3. The van der Waals surface area contributed by atoms with Gasteiger partial charge < -0.3 is 15.2 Å². The van der Waals surface area contributed by atoms with Crippen molar-refractivity contribution in [3.05, 3.63) is 0 Å². The van der Waals surface area contributed by atoms with Crippen molar-refractivity contribution >= 4 is 12.1 Å². The molecule has 5 rings (SSSR count). The number of alkyl carbamates (subject to hydrolysis) is 1. The molecule has 0 heterocycles. The van der Waals surface area contributed by atoms with Gasteiger partial charge in [-0.1, -0.05) is 54.9 Å². The van der Waals surface area contributed by atoms with Gasteiger partial charge in [-0.3, -0.25) is 4.79 Å². The highest BCUT2D eigenvalue weighted by Gasteiger charge is 2.68. The molecule has 5 nitrogen and oxygen atoms in total. The first-order valence-corrected chi connectivity index (χ1v) is 16.5. The number of nitrogens with one attached hydrogen (secondary N) is 1. The van der Waals surface area contributed by atoms with Crippen molar-refractivity contribution in [3.8, 4) is 0 Å². The zero-order chi connectivity index (χ0) is 28.4. The van der Waals surface area contributed by atoms with Crippen molar-refractivity contribution in [1.82, 2.24) is 5.32 Å². The summed E-state index contributed by atoms with van der Waals surface area (Å²) in [6.07, 6.45) is 12.8. The maximum absolute atomic E-state index is 12.9. The van der Waals surface area contributed by atoms with Crippen LogP contribution in [0.3, 0.4) is 0 Å². The van der Waals surface area contributed by atoms with Crippen LogP contribution in [0.15, 0.2) is 0 Å². The van der Waals surface area contributed by atoms with Crippen LogP contribution in [0, 0.1) is 63.1 Å². The van der Waals surface area contributed by atoms with Gasteiger partial charge in [0.15, 0.2) is 0 Å². The minimum absolute atomic E-state index is 0.0351. The number of rotatable bonds is 5. The molecule has 0 aliphatic heterocycles. The summed E-state index contributed by atoms with van der Waals surface area (Å²) in [5.41, 5.74) is -0.0619. The molecule has 39 heavy (non-hydrogen) atoms. The van der Waals surface area contributed by atoms with E-state index >= 15 is 0 Å². The molecular formula is C34H57NO4. The number of fused-ring (bicyclic) bond motifs is 7. The van der Waals surface area contributed by atoms with Gasteiger partial charge in [0, 0.05) is 12.0 Å². The fourth-order valence-electron chi connectivity index (χ4n) is 12.0. The Balaban J connectivity index is 1.43. The minimum Gasteiger partial charge on any atom is -0.481 e. The van der Waals surface area contributed by atoms with E-state index in [-0.39, 0.29) is 28.4 Å². The van der Waals surface area contributed by atoms with Crippen LogP contribution in [0.2, 0.25) is 0 Å². The number of carboxylic acids is 1. The quantitative estimate of drug-likeness (QED) is 0.366. The first-order valence-electron chi connectivity index (χ1n) is 16.5. The summed E-state index contributed by atoms with van der Waals surface area (Å²) in [6, 6.07) is 0. The van der Waals surface area contributed by atoms with Crippen LogP contribution in [-0.4, -0.2) is 29.8 Å². The lowest BCUT2D eigenvalue weighted by Crippen LogP contribution is -2.60.